The Bertz CT molecular complexity index is 791. The molecule has 0 bridgehead atoms. The first-order valence-electron chi connectivity index (χ1n) is 6.98. The summed E-state index contributed by atoms with van der Waals surface area (Å²) in [6.45, 7) is 1.92. The van der Waals surface area contributed by atoms with E-state index in [0.717, 1.165) is 10.9 Å². The van der Waals surface area contributed by atoms with E-state index in [2.05, 4.69) is 0 Å². The van der Waals surface area contributed by atoms with Crippen molar-refractivity contribution < 1.29 is 9.90 Å². The largest absolute Gasteiger partial charge is 0.507 e. The number of hydrogen-bond donors (Lipinski definition) is 1. The zero-order valence-electron chi connectivity index (χ0n) is 11.8. The van der Waals surface area contributed by atoms with Gasteiger partial charge in [-0.05, 0) is 23.1 Å². The van der Waals surface area contributed by atoms with E-state index in [9.17, 15) is 9.90 Å². The number of carbonyl (C=O) groups excluding carboxylic acids is 1. The van der Waals surface area contributed by atoms with Crippen molar-refractivity contribution in [2.24, 2.45) is 0 Å². The van der Waals surface area contributed by atoms with Crippen LogP contribution in [0.4, 0.5) is 0 Å². The lowest BCUT2D eigenvalue weighted by Gasteiger charge is -2.13. The van der Waals surface area contributed by atoms with Crippen LogP contribution in [0.15, 0.2) is 66.7 Å². The second-order valence-electron chi connectivity index (χ2n) is 5.17. The SMILES string of the molecule is CC(C(=O)c1ccc(O)c2ccccc12)c1ccccc1. The highest BCUT2D eigenvalue weighted by molar-refractivity contribution is 6.11. The Morgan fingerprint density at radius 3 is 2.19 bits per heavy atom. The minimum absolute atomic E-state index is 0.0670. The van der Waals surface area contributed by atoms with Crippen molar-refractivity contribution in [3.63, 3.8) is 0 Å². The summed E-state index contributed by atoms with van der Waals surface area (Å²) in [7, 11) is 0. The monoisotopic (exact) mass is 276 g/mol. The Kier molecular flexibility index (Phi) is 3.44. The maximum Gasteiger partial charge on any atom is 0.170 e. The second-order valence-corrected chi connectivity index (χ2v) is 5.17. The van der Waals surface area contributed by atoms with Crippen LogP contribution in [-0.4, -0.2) is 10.9 Å². The summed E-state index contributed by atoms with van der Waals surface area (Å²) in [5.74, 6) is 0.0612. The van der Waals surface area contributed by atoms with Crippen molar-refractivity contribution in [1.29, 1.82) is 0 Å². The molecular formula is C19H16O2. The van der Waals surface area contributed by atoms with Crippen LogP contribution in [0.25, 0.3) is 10.8 Å². The molecule has 2 heteroatoms. The van der Waals surface area contributed by atoms with Gasteiger partial charge < -0.3 is 5.11 Å². The summed E-state index contributed by atoms with van der Waals surface area (Å²) in [5.41, 5.74) is 1.65. The molecule has 0 amide bonds. The van der Waals surface area contributed by atoms with Gasteiger partial charge in [0.2, 0.25) is 0 Å². The Morgan fingerprint density at radius 2 is 1.48 bits per heavy atom. The van der Waals surface area contributed by atoms with Gasteiger partial charge in [0.25, 0.3) is 0 Å². The van der Waals surface area contributed by atoms with Crippen LogP contribution in [0.1, 0.15) is 28.8 Å². The third kappa shape index (κ3) is 2.40. The van der Waals surface area contributed by atoms with Crippen molar-refractivity contribution in [2.45, 2.75) is 12.8 Å². The Balaban J connectivity index is 2.09. The van der Waals surface area contributed by atoms with Crippen molar-refractivity contribution in [2.75, 3.05) is 0 Å². The van der Waals surface area contributed by atoms with Crippen molar-refractivity contribution >= 4 is 16.6 Å². The maximum absolute atomic E-state index is 12.8. The van der Waals surface area contributed by atoms with E-state index in [1.54, 1.807) is 12.1 Å². The lowest BCUT2D eigenvalue weighted by atomic mass is 9.89. The fourth-order valence-corrected chi connectivity index (χ4v) is 2.62. The molecule has 0 aromatic heterocycles. The first-order valence-corrected chi connectivity index (χ1v) is 6.98. The number of phenolic OH excluding ortho intramolecular Hbond substituents is 1. The number of rotatable bonds is 3. The zero-order valence-corrected chi connectivity index (χ0v) is 11.8. The Hall–Kier alpha value is -2.61. The van der Waals surface area contributed by atoms with Crippen LogP contribution in [0, 0.1) is 0 Å². The molecule has 0 spiro atoms. The van der Waals surface area contributed by atoms with Gasteiger partial charge in [0.1, 0.15) is 5.75 Å². The standard InChI is InChI=1S/C19H16O2/c1-13(14-7-3-2-4-8-14)19(21)17-11-12-18(20)16-10-6-5-9-15(16)17/h2-13,20H,1H3. The summed E-state index contributed by atoms with van der Waals surface area (Å²) in [5, 5.41) is 11.4. The Morgan fingerprint density at radius 1 is 0.857 bits per heavy atom. The minimum atomic E-state index is -0.209. The molecule has 0 aliphatic heterocycles. The van der Waals surface area contributed by atoms with Gasteiger partial charge >= 0.3 is 0 Å². The molecule has 3 aromatic rings. The molecule has 1 atom stereocenters. The summed E-state index contributed by atoms with van der Waals surface area (Å²) in [6, 6.07) is 20.5. The average molecular weight is 276 g/mol. The highest BCUT2D eigenvalue weighted by Crippen LogP contribution is 2.30. The molecule has 0 aliphatic carbocycles. The summed E-state index contributed by atoms with van der Waals surface area (Å²) in [6.07, 6.45) is 0. The molecule has 104 valence electrons. The van der Waals surface area contributed by atoms with E-state index in [0.29, 0.717) is 10.9 Å². The number of fused-ring (bicyclic) bond motifs is 1. The predicted octanol–water partition coefficient (Wildman–Crippen LogP) is 4.53. The predicted molar refractivity (Wildman–Crippen MR) is 84.8 cm³/mol. The number of carbonyl (C=O) groups is 1. The third-order valence-electron chi connectivity index (χ3n) is 3.86. The Labute approximate surface area is 123 Å². The molecule has 3 rings (SSSR count). The smallest absolute Gasteiger partial charge is 0.170 e. The fraction of sp³-hybridized carbons (Fsp3) is 0.105. The van der Waals surface area contributed by atoms with Crippen molar-refractivity contribution in [1.82, 2.24) is 0 Å². The number of Topliss-reactive ketones (excluding diaryl/α,β-unsaturated/α-hetero) is 1. The molecule has 0 saturated carbocycles. The molecule has 0 saturated heterocycles. The van der Waals surface area contributed by atoms with E-state index >= 15 is 0 Å². The number of benzene rings is 3. The summed E-state index contributed by atoms with van der Waals surface area (Å²) < 4.78 is 0. The molecule has 2 nitrogen and oxygen atoms in total. The summed E-state index contributed by atoms with van der Waals surface area (Å²) in [4.78, 5) is 12.8. The van der Waals surface area contributed by atoms with Crippen LogP contribution in [-0.2, 0) is 0 Å². The average Bonchev–Trinajstić information content (AvgIpc) is 2.55. The number of phenols is 1. The van der Waals surface area contributed by atoms with E-state index < -0.39 is 0 Å². The van der Waals surface area contributed by atoms with E-state index in [4.69, 9.17) is 0 Å². The maximum atomic E-state index is 12.8. The lowest BCUT2D eigenvalue weighted by molar-refractivity contribution is 0.0967. The van der Waals surface area contributed by atoms with Gasteiger partial charge in [-0.25, -0.2) is 0 Å². The van der Waals surface area contributed by atoms with Crippen molar-refractivity contribution in [3.8, 4) is 5.75 Å². The van der Waals surface area contributed by atoms with Crippen LogP contribution >= 0.6 is 0 Å². The normalized spacial score (nSPS) is 12.2. The molecule has 1 unspecified atom stereocenters. The van der Waals surface area contributed by atoms with Gasteiger partial charge in [-0.2, -0.15) is 0 Å². The van der Waals surface area contributed by atoms with Gasteiger partial charge in [0.15, 0.2) is 5.78 Å². The topological polar surface area (TPSA) is 37.3 Å². The van der Waals surface area contributed by atoms with Crippen LogP contribution < -0.4 is 0 Å². The third-order valence-corrected chi connectivity index (χ3v) is 3.86. The fourth-order valence-electron chi connectivity index (χ4n) is 2.62. The number of aromatic hydroxyl groups is 1. The molecule has 0 radical (unpaired) electrons. The summed E-state index contributed by atoms with van der Waals surface area (Å²) >= 11 is 0. The first kappa shape index (κ1) is 13.4. The van der Waals surface area contributed by atoms with Gasteiger partial charge in [-0.1, -0.05) is 61.5 Å². The molecule has 0 fully saturated rings. The van der Waals surface area contributed by atoms with Crippen LogP contribution in [0.5, 0.6) is 5.75 Å². The highest BCUT2D eigenvalue weighted by atomic mass is 16.3. The van der Waals surface area contributed by atoms with Crippen LogP contribution in [0.2, 0.25) is 0 Å². The number of ketones is 1. The number of hydrogen-bond acceptors (Lipinski definition) is 2. The van der Waals surface area contributed by atoms with Gasteiger partial charge in [-0.15, -0.1) is 0 Å². The molecule has 0 heterocycles. The highest BCUT2D eigenvalue weighted by Gasteiger charge is 2.19. The van der Waals surface area contributed by atoms with Crippen molar-refractivity contribution in [3.05, 3.63) is 77.9 Å². The van der Waals surface area contributed by atoms with Gasteiger partial charge in [-0.3, -0.25) is 4.79 Å². The molecular weight excluding hydrogens is 260 g/mol. The van der Waals surface area contributed by atoms with Gasteiger partial charge in [0.05, 0.1) is 0 Å². The molecule has 3 aromatic carbocycles. The van der Waals surface area contributed by atoms with E-state index in [1.165, 1.54) is 0 Å². The zero-order chi connectivity index (χ0) is 14.8. The van der Waals surface area contributed by atoms with Gasteiger partial charge in [0, 0.05) is 16.9 Å². The molecule has 1 N–H and O–H groups in total. The lowest BCUT2D eigenvalue weighted by Crippen LogP contribution is -2.10. The quantitative estimate of drug-likeness (QED) is 0.713. The second kappa shape index (κ2) is 5.41. The minimum Gasteiger partial charge on any atom is -0.507 e. The first-order chi connectivity index (χ1) is 10.2. The molecule has 21 heavy (non-hydrogen) atoms. The van der Waals surface area contributed by atoms with E-state index in [1.807, 2.05) is 61.5 Å². The van der Waals surface area contributed by atoms with E-state index in [-0.39, 0.29) is 17.5 Å². The van der Waals surface area contributed by atoms with Crippen LogP contribution in [0.3, 0.4) is 0 Å². The molecule has 0 aliphatic rings.